The lowest BCUT2D eigenvalue weighted by Crippen LogP contribution is -2.15. The minimum Gasteiger partial charge on any atom is -0.317 e. The van der Waals surface area contributed by atoms with Crippen molar-refractivity contribution < 1.29 is 0 Å². The van der Waals surface area contributed by atoms with Gasteiger partial charge in [0.15, 0.2) is 11.6 Å². The molecule has 0 amide bonds. The first-order chi connectivity index (χ1) is 10.1. The van der Waals surface area contributed by atoms with Crippen molar-refractivity contribution in [3.05, 3.63) is 34.9 Å². The molecule has 0 spiro atoms. The van der Waals surface area contributed by atoms with E-state index >= 15 is 0 Å². The topological polar surface area (TPSA) is 63.6 Å². The summed E-state index contributed by atoms with van der Waals surface area (Å²) >= 11 is 0. The number of nitrogens with one attached hydrogen (secondary N) is 1. The summed E-state index contributed by atoms with van der Waals surface area (Å²) in [7, 11) is 0. The first-order valence-corrected chi connectivity index (χ1v) is 7.45. The molecule has 0 atom stereocenters. The summed E-state index contributed by atoms with van der Waals surface area (Å²) in [6.07, 6.45) is 5.68. The molecule has 1 N–H and O–H groups in total. The van der Waals surface area contributed by atoms with Crippen LogP contribution in [0, 0.1) is 20.8 Å². The molecule has 5 nitrogen and oxygen atoms in total. The molecule has 2 aromatic heterocycles. The van der Waals surface area contributed by atoms with Crippen LogP contribution >= 0.6 is 0 Å². The van der Waals surface area contributed by atoms with Crippen molar-refractivity contribution in [3.63, 3.8) is 0 Å². The highest BCUT2D eigenvalue weighted by Gasteiger charge is 2.11. The molecular formula is C16H23N5. The molecular weight excluding hydrogens is 262 g/mol. The Morgan fingerprint density at radius 3 is 2.14 bits per heavy atom. The molecule has 2 aromatic rings. The first kappa shape index (κ1) is 15.5. The van der Waals surface area contributed by atoms with E-state index in [1.807, 2.05) is 20.8 Å². The van der Waals surface area contributed by atoms with Crippen LogP contribution < -0.4 is 5.32 Å². The Hall–Kier alpha value is -1.88. The van der Waals surface area contributed by atoms with Gasteiger partial charge in [0.2, 0.25) is 0 Å². The zero-order valence-corrected chi connectivity index (χ0v) is 13.3. The molecule has 0 aromatic carbocycles. The van der Waals surface area contributed by atoms with Crippen LogP contribution in [0.25, 0.3) is 11.6 Å². The van der Waals surface area contributed by atoms with Crippen LogP contribution in [0.4, 0.5) is 0 Å². The summed E-state index contributed by atoms with van der Waals surface area (Å²) in [5, 5.41) is 3.34. The number of hydrogen-bond acceptors (Lipinski definition) is 5. The van der Waals surface area contributed by atoms with Gasteiger partial charge in [-0.3, -0.25) is 0 Å². The molecule has 0 aliphatic rings. The maximum absolute atomic E-state index is 4.58. The predicted molar refractivity (Wildman–Crippen MR) is 84.1 cm³/mol. The third-order valence-corrected chi connectivity index (χ3v) is 3.43. The fourth-order valence-electron chi connectivity index (χ4n) is 2.28. The van der Waals surface area contributed by atoms with Crippen molar-refractivity contribution in [1.82, 2.24) is 25.3 Å². The molecule has 21 heavy (non-hydrogen) atoms. The van der Waals surface area contributed by atoms with E-state index in [0.717, 1.165) is 42.9 Å². The van der Waals surface area contributed by atoms with Crippen LogP contribution in [0.15, 0.2) is 12.4 Å². The van der Waals surface area contributed by atoms with E-state index in [0.29, 0.717) is 11.6 Å². The average molecular weight is 285 g/mol. The quantitative estimate of drug-likeness (QED) is 0.826. The average Bonchev–Trinajstić information content (AvgIpc) is 2.46. The number of aryl methyl sites for hydroxylation is 3. The van der Waals surface area contributed by atoms with Crippen molar-refractivity contribution in [3.8, 4) is 11.6 Å². The minimum absolute atomic E-state index is 0.589. The third-order valence-electron chi connectivity index (χ3n) is 3.43. The molecule has 0 aliphatic carbocycles. The van der Waals surface area contributed by atoms with E-state index in [9.17, 15) is 0 Å². The summed E-state index contributed by atoms with van der Waals surface area (Å²) in [4.78, 5) is 17.8. The number of nitrogens with zero attached hydrogens (tertiary/aromatic N) is 4. The van der Waals surface area contributed by atoms with Gasteiger partial charge in [0.1, 0.15) is 0 Å². The van der Waals surface area contributed by atoms with Gasteiger partial charge in [0.25, 0.3) is 0 Å². The second-order valence-electron chi connectivity index (χ2n) is 5.24. The van der Waals surface area contributed by atoms with Gasteiger partial charge in [-0.05, 0) is 57.8 Å². The van der Waals surface area contributed by atoms with E-state index in [4.69, 9.17) is 0 Å². The van der Waals surface area contributed by atoms with Crippen molar-refractivity contribution in [2.45, 2.75) is 40.5 Å². The molecule has 0 unspecified atom stereocenters. The monoisotopic (exact) mass is 285 g/mol. The van der Waals surface area contributed by atoms with Gasteiger partial charge < -0.3 is 5.32 Å². The highest BCUT2D eigenvalue weighted by atomic mass is 15.0. The Balaban J connectivity index is 2.18. The zero-order chi connectivity index (χ0) is 15.2. The Morgan fingerprint density at radius 1 is 0.952 bits per heavy atom. The Kier molecular flexibility index (Phi) is 5.33. The molecule has 5 heteroatoms. The second kappa shape index (κ2) is 7.22. The summed E-state index contributed by atoms with van der Waals surface area (Å²) in [5.41, 5.74) is 4.33. The van der Waals surface area contributed by atoms with Crippen molar-refractivity contribution in [2.75, 3.05) is 13.1 Å². The Bertz CT molecular complexity index is 569. The van der Waals surface area contributed by atoms with Crippen LogP contribution in [0.3, 0.4) is 0 Å². The van der Waals surface area contributed by atoms with Crippen LogP contribution in [0.1, 0.15) is 35.9 Å². The number of hydrogen-bond donors (Lipinski definition) is 1. The van der Waals surface area contributed by atoms with Crippen LogP contribution in [0.2, 0.25) is 0 Å². The van der Waals surface area contributed by atoms with Gasteiger partial charge in [0.05, 0.1) is 0 Å². The molecule has 0 radical (unpaired) electrons. The van der Waals surface area contributed by atoms with E-state index < -0.39 is 0 Å². The highest BCUT2D eigenvalue weighted by Crippen LogP contribution is 2.17. The minimum atomic E-state index is 0.589. The standard InChI is InChI=1S/C16H23N5/c1-5-17-8-6-7-14-12(3)20-16(21-13(14)4)15-18-9-11(2)10-19-15/h9-10,17H,5-8H2,1-4H3. The molecule has 112 valence electrons. The van der Waals surface area contributed by atoms with E-state index in [1.165, 1.54) is 5.56 Å². The van der Waals surface area contributed by atoms with Gasteiger partial charge in [-0.25, -0.2) is 19.9 Å². The highest BCUT2D eigenvalue weighted by molar-refractivity contribution is 5.45. The fourth-order valence-corrected chi connectivity index (χ4v) is 2.28. The smallest absolute Gasteiger partial charge is 0.198 e. The maximum Gasteiger partial charge on any atom is 0.198 e. The SMILES string of the molecule is CCNCCCc1c(C)nc(-c2ncc(C)cn2)nc1C. The van der Waals surface area contributed by atoms with Crippen molar-refractivity contribution in [2.24, 2.45) is 0 Å². The third kappa shape index (κ3) is 4.04. The molecule has 0 saturated carbocycles. The van der Waals surface area contributed by atoms with Crippen LogP contribution in [-0.2, 0) is 6.42 Å². The first-order valence-electron chi connectivity index (χ1n) is 7.45. The van der Waals surface area contributed by atoms with Crippen molar-refractivity contribution >= 4 is 0 Å². The van der Waals surface area contributed by atoms with E-state index in [2.05, 4.69) is 32.2 Å². The molecule has 0 aliphatic heterocycles. The lowest BCUT2D eigenvalue weighted by molar-refractivity contribution is 0.667. The molecule has 0 fully saturated rings. The fraction of sp³-hybridized carbons (Fsp3) is 0.500. The Labute approximate surface area is 126 Å². The predicted octanol–water partition coefficient (Wildman–Crippen LogP) is 2.40. The summed E-state index contributed by atoms with van der Waals surface area (Å²) in [6, 6.07) is 0. The van der Waals surface area contributed by atoms with Crippen LogP contribution in [0.5, 0.6) is 0 Å². The second-order valence-corrected chi connectivity index (χ2v) is 5.24. The summed E-state index contributed by atoms with van der Waals surface area (Å²) in [5.74, 6) is 1.20. The molecule has 2 heterocycles. The maximum atomic E-state index is 4.58. The van der Waals surface area contributed by atoms with Gasteiger partial charge in [-0.15, -0.1) is 0 Å². The van der Waals surface area contributed by atoms with Crippen molar-refractivity contribution in [1.29, 1.82) is 0 Å². The van der Waals surface area contributed by atoms with E-state index in [-0.39, 0.29) is 0 Å². The lowest BCUT2D eigenvalue weighted by atomic mass is 10.1. The number of aromatic nitrogens is 4. The molecule has 0 bridgehead atoms. The van der Waals surface area contributed by atoms with Gasteiger partial charge in [-0.2, -0.15) is 0 Å². The lowest BCUT2D eigenvalue weighted by Gasteiger charge is -2.10. The molecule has 0 saturated heterocycles. The Morgan fingerprint density at radius 2 is 1.57 bits per heavy atom. The van der Waals surface area contributed by atoms with Gasteiger partial charge in [0, 0.05) is 23.8 Å². The van der Waals surface area contributed by atoms with Gasteiger partial charge in [-0.1, -0.05) is 6.92 Å². The van der Waals surface area contributed by atoms with E-state index in [1.54, 1.807) is 12.4 Å². The summed E-state index contributed by atoms with van der Waals surface area (Å²) in [6.45, 7) is 10.2. The van der Waals surface area contributed by atoms with Gasteiger partial charge >= 0.3 is 0 Å². The normalized spacial score (nSPS) is 10.9. The number of rotatable bonds is 6. The molecule has 2 rings (SSSR count). The van der Waals surface area contributed by atoms with Crippen LogP contribution in [-0.4, -0.2) is 33.0 Å². The summed E-state index contributed by atoms with van der Waals surface area (Å²) < 4.78 is 0. The largest absolute Gasteiger partial charge is 0.317 e. The zero-order valence-electron chi connectivity index (χ0n) is 13.3.